The Balaban J connectivity index is 1.57. The molecule has 4 aromatic carbocycles. The van der Waals surface area contributed by atoms with Crippen LogP contribution in [0.3, 0.4) is 0 Å². The van der Waals surface area contributed by atoms with E-state index in [2.05, 4.69) is 12.1 Å². The van der Waals surface area contributed by atoms with Gasteiger partial charge in [-0.3, -0.25) is 4.99 Å². The first-order chi connectivity index (χ1) is 15.3. The molecule has 1 heterocycles. The summed E-state index contributed by atoms with van der Waals surface area (Å²) in [6.07, 6.45) is 1.86. The van der Waals surface area contributed by atoms with E-state index >= 15 is 0 Å². The topological polar surface area (TPSA) is 37.9 Å². The molecule has 0 saturated heterocycles. The van der Waals surface area contributed by atoms with Gasteiger partial charge in [-0.05, 0) is 23.8 Å². The molecule has 0 bridgehead atoms. The Hall–Kier alpha value is -3.69. The molecular formula is C27H19ClN2O. The van der Waals surface area contributed by atoms with Crippen molar-refractivity contribution < 1.29 is 4.42 Å². The Morgan fingerprint density at radius 2 is 1.58 bits per heavy atom. The largest absolute Gasteiger partial charge is 0.456 e. The Labute approximate surface area is 185 Å². The highest BCUT2D eigenvalue weighted by Gasteiger charge is 2.11. The van der Waals surface area contributed by atoms with Crippen molar-refractivity contribution >= 4 is 45.6 Å². The lowest BCUT2D eigenvalue weighted by Gasteiger charge is -2.03. The molecule has 0 N–H and O–H groups in total. The van der Waals surface area contributed by atoms with Crippen molar-refractivity contribution in [2.45, 2.75) is 6.54 Å². The molecule has 5 aromatic rings. The van der Waals surface area contributed by atoms with Crippen molar-refractivity contribution in [1.29, 1.82) is 0 Å². The molecule has 0 aliphatic carbocycles. The lowest BCUT2D eigenvalue weighted by molar-refractivity contribution is 0.669. The van der Waals surface area contributed by atoms with Gasteiger partial charge in [0.15, 0.2) is 5.84 Å². The van der Waals surface area contributed by atoms with Gasteiger partial charge in [-0.25, -0.2) is 4.99 Å². The van der Waals surface area contributed by atoms with Crippen LogP contribution in [0.2, 0.25) is 5.02 Å². The Morgan fingerprint density at radius 3 is 2.39 bits per heavy atom. The standard InChI is InChI=1S/C27H19ClN2O/c28-22-14-15-23-25(16-22)31-24-13-7-12-21(26(23)24)18-30-27(20-10-5-2-6-11-20)29-17-19-8-3-1-4-9-19/h1-16,18H,17H2. The van der Waals surface area contributed by atoms with Gasteiger partial charge in [-0.2, -0.15) is 0 Å². The molecule has 31 heavy (non-hydrogen) atoms. The molecule has 5 rings (SSSR count). The van der Waals surface area contributed by atoms with Gasteiger partial charge in [0, 0.05) is 39.2 Å². The molecule has 0 amide bonds. The maximum absolute atomic E-state index is 6.14. The summed E-state index contributed by atoms with van der Waals surface area (Å²) in [6.45, 7) is 0.569. The second-order valence-corrected chi connectivity index (χ2v) is 7.65. The van der Waals surface area contributed by atoms with Crippen LogP contribution in [0, 0.1) is 0 Å². The van der Waals surface area contributed by atoms with Crippen molar-refractivity contribution in [3.05, 3.63) is 119 Å². The Bertz CT molecular complexity index is 1400. The van der Waals surface area contributed by atoms with Crippen LogP contribution in [-0.2, 0) is 6.54 Å². The summed E-state index contributed by atoms with van der Waals surface area (Å²) in [5.74, 6) is 0.692. The highest BCUT2D eigenvalue weighted by atomic mass is 35.5. The third kappa shape index (κ3) is 4.14. The second kappa shape index (κ2) is 8.58. The molecule has 0 spiro atoms. The predicted molar refractivity (Wildman–Crippen MR) is 129 cm³/mol. The minimum Gasteiger partial charge on any atom is -0.456 e. The first kappa shape index (κ1) is 19.3. The molecule has 0 aliphatic heterocycles. The number of benzene rings is 4. The summed E-state index contributed by atoms with van der Waals surface area (Å²) in [5, 5.41) is 2.69. The van der Waals surface area contributed by atoms with Crippen LogP contribution in [0.5, 0.6) is 0 Å². The van der Waals surface area contributed by atoms with E-state index in [1.165, 1.54) is 0 Å². The fraction of sp³-hybridized carbons (Fsp3) is 0.0370. The van der Waals surface area contributed by atoms with Gasteiger partial charge in [-0.1, -0.05) is 84.4 Å². The fourth-order valence-electron chi connectivity index (χ4n) is 3.61. The van der Waals surface area contributed by atoms with E-state index < -0.39 is 0 Å². The smallest absolute Gasteiger partial charge is 0.154 e. The number of aliphatic imine (C=N–C) groups is 2. The summed E-state index contributed by atoms with van der Waals surface area (Å²) in [5.41, 5.74) is 4.67. The average Bonchev–Trinajstić information content (AvgIpc) is 3.18. The van der Waals surface area contributed by atoms with Crippen molar-refractivity contribution in [1.82, 2.24) is 0 Å². The van der Waals surface area contributed by atoms with E-state index in [1.807, 2.05) is 91.1 Å². The van der Waals surface area contributed by atoms with E-state index in [4.69, 9.17) is 26.0 Å². The summed E-state index contributed by atoms with van der Waals surface area (Å²) in [4.78, 5) is 9.59. The van der Waals surface area contributed by atoms with Gasteiger partial charge in [0.2, 0.25) is 0 Å². The first-order valence-electron chi connectivity index (χ1n) is 10.1. The van der Waals surface area contributed by atoms with E-state index in [-0.39, 0.29) is 0 Å². The fourth-order valence-corrected chi connectivity index (χ4v) is 3.77. The molecule has 150 valence electrons. The van der Waals surface area contributed by atoms with Crippen LogP contribution in [0.1, 0.15) is 16.7 Å². The quantitative estimate of drug-likeness (QED) is 0.221. The molecule has 0 aliphatic rings. The third-order valence-electron chi connectivity index (χ3n) is 5.10. The number of nitrogens with zero attached hydrogens (tertiary/aromatic N) is 2. The number of amidine groups is 1. The van der Waals surface area contributed by atoms with E-state index in [1.54, 1.807) is 0 Å². The molecule has 1 aromatic heterocycles. The number of hydrogen-bond donors (Lipinski definition) is 0. The SMILES string of the molecule is Clc1ccc2c(c1)oc1cccc(C=NC(=NCc3ccccc3)c3ccccc3)c12. The van der Waals surface area contributed by atoms with Crippen LogP contribution >= 0.6 is 11.6 Å². The minimum absolute atomic E-state index is 0.569. The van der Waals surface area contributed by atoms with Crippen molar-refractivity contribution in [3.63, 3.8) is 0 Å². The van der Waals surface area contributed by atoms with Gasteiger partial charge in [-0.15, -0.1) is 0 Å². The lowest BCUT2D eigenvalue weighted by Crippen LogP contribution is -1.99. The molecule has 4 heteroatoms. The average molecular weight is 423 g/mol. The van der Waals surface area contributed by atoms with Crippen LogP contribution < -0.4 is 0 Å². The Morgan fingerprint density at radius 1 is 0.806 bits per heavy atom. The summed E-state index contributed by atoms with van der Waals surface area (Å²) < 4.78 is 5.99. The number of halogens is 1. The van der Waals surface area contributed by atoms with Gasteiger partial charge < -0.3 is 4.42 Å². The van der Waals surface area contributed by atoms with Gasteiger partial charge in [0.25, 0.3) is 0 Å². The van der Waals surface area contributed by atoms with Crippen LogP contribution in [0.4, 0.5) is 0 Å². The second-order valence-electron chi connectivity index (χ2n) is 7.21. The molecule has 0 fully saturated rings. The number of hydrogen-bond acceptors (Lipinski definition) is 2. The van der Waals surface area contributed by atoms with Gasteiger partial charge >= 0.3 is 0 Å². The molecule has 0 atom stereocenters. The number of rotatable bonds is 4. The van der Waals surface area contributed by atoms with Crippen LogP contribution in [-0.4, -0.2) is 12.1 Å². The van der Waals surface area contributed by atoms with Crippen molar-refractivity contribution in [3.8, 4) is 0 Å². The lowest BCUT2D eigenvalue weighted by atomic mass is 10.1. The first-order valence-corrected chi connectivity index (χ1v) is 10.4. The zero-order valence-corrected chi connectivity index (χ0v) is 17.5. The third-order valence-corrected chi connectivity index (χ3v) is 5.34. The predicted octanol–water partition coefficient (Wildman–Crippen LogP) is 7.31. The Kier molecular flexibility index (Phi) is 5.34. The van der Waals surface area contributed by atoms with Gasteiger partial charge in [0.1, 0.15) is 11.2 Å². The summed E-state index contributed by atoms with van der Waals surface area (Å²) >= 11 is 6.14. The van der Waals surface area contributed by atoms with E-state index in [9.17, 15) is 0 Å². The van der Waals surface area contributed by atoms with Crippen LogP contribution in [0.15, 0.2) is 111 Å². The van der Waals surface area contributed by atoms with Crippen molar-refractivity contribution in [2.24, 2.45) is 9.98 Å². The monoisotopic (exact) mass is 422 g/mol. The van der Waals surface area contributed by atoms with Crippen LogP contribution in [0.25, 0.3) is 21.9 Å². The highest BCUT2D eigenvalue weighted by Crippen LogP contribution is 2.32. The zero-order valence-electron chi connectivity index (χ0n) is 16.7. The number of furan rings is 1. The minimum atomic E-state index is 0.569. The normalized spacial score (nSPS) is 12.2. The number of fused-ring (bicyclic) bond motifs is 3. The maximum atomic E-state index is 6.14. The van der Waals surface area contributed by atoms with Gasteiger partial charge in [0.05, 0.1) is 6.54 Å². The van der Waals surface area contributed by atoms with E-state index in [0.29, 0.717) is 17.4 Å². The highest BCUT2D eigenvalue weighted by molar-refractivity contribution is 6.31. The maximum Gasteiger partial charge on any atom is 0.154 e. The van der Waals surface area contributed by atoms with E-state index in [0.717, 1.165) is 38.6 Å². The summed E-state index contributed by atoms with van der Waals surface area (Å²) in [7, 11) is 0. The molecule has 0 unspecified atom stereocenters. The van der Waals surface area contributed by atoms with Crippen molar-refractivity contribution in [2.75, 3.05) is 0 Å². The molecule has 0 radical (unpaired) electrons. The molecular weight excluding hydrogens is 404 g/mol. The molecule has 3 nitrogen and oxygen atoms in total. The summed E-state index contributed by atoms with van der Waals surface area (Å²) in [6, 6.07) is 31.9. The zero-order chi connectivity index (χ0) is 21.0. The molecule has 0 saturated carbocycles.